The van der Waals surface area contributed by atoms with Crippen LogP contribution in [-0.4, -0.2) is 17.6 Å². The highest BCUT2D eigenvalue weighted by Gasteiger charge is 2.06. The summed E-state index contributed by atoms with van der Waals surface area (Å²) >= 11 is 5.19. The first kappa shape index (κ1) is 18.4. The zero-order chi connectivity index (χ0) is 18.1. The number of anilines is 1. The Labute approximate surface area is 153 Å². The Hall–Kier alpha value is -2.92. The number of carbonyl (C=O) groups excluding carboxylic acids is 1. The van der Waals surface area contributed by atoms with Crippen LogP contribution in [0.2, 0.25) is 0 Å². The van der Waals surface area contributed by atoms with Crippen molar-refractivity contribution in [3.8, 4) is 5.75 Å². The molecular formula is C20H20N2O2S. The SMILES string of the molecule is C=C(C)COc1ccccc1NC(=S)NC(=O)/C=C/c1ccccc1. The summed E-state index contributed by atoms with van der Waals surface area (Å²) in [5.41, 5.74) is 2.54. The highest BCUT2D eigenvalue weighted by molar-refractivity contribution is 7.80. The molecule has 0 bridgehead atoms. The highest BCUT2D eigenvalue weighted by Crippen LogP contribution is 2.24. The van der Waals surface area contributed by atoms with Crippen LogP contribution in [0.5, 0.6) is 5.75 Å². The van der Waals surface area contributed by atoms with Crippen LogP contribution in [0.4, 0.5) is 5.69 Å². The number of hydrogen-bond donors (Lipinski definition) is 2. The van der Waals surface area contributed by atoms with Crippen molar-refractivity contribution in [3.05, 3.63) is 78.4 Å². The third-order valence-electron chi connectivity index (χ3n) is 3.07. The van der Waals surface area contributed by atoms with E-state index in [0.29, 0.717) is 18.0 Å². The molecule has 0 aliphatic rings. The van der Waals surface area contributed by atoms with Crippen molar-refractivity contribution in [2.45, 2.75) is 6.92 Å². The van der Waals surface area contributed by atoms with Crippen molar-refractivity contribution in [1.29, 1.82) is 0 Å². The molecule has 0 spiro atoms. The molecule has 0 saturated carbocycles. The van der Waals surface area contributed by atoms with Gasteiger partial charge in [0.25, 0.3) is 0 Å². The second kappa shape index (κ2) is 9.39. The monoisotopic (exact) mass is 352 g/mol. The van der Waals surface area contributed by atoms with E-state index in [1.165, 1.54) is 6.08 Å². The Bertz CT molecular complexity index is 785. The summed E-state index contributed by atoms with van der Waals surface area (Å²) in [6, 6.07) is 16.9. The molecule has 0 radical (unpaired) electrons. The van der Waals surface area contributed by atoms with Crippen molar-refractivity contribution in [2.75, 3.05) is 11.9 Å². The van der Waals surface area contributed by atoms with Gasteiger partial charge in [0.15, 0.2) is 5.11 Å². The fourth-order valence-electron chi connectivity index (χ4n) is 1.94. The Balaban J connectivity index is 1.92. The molecule has 0 aromatic heterocycles. The quantitative estimate of drug-likeness (QED) is 0.465. The van der Waals surface area contributed by atoms with Crippen molar-refractivity contribution in [1.82, 2.24) is 5.32 Å². The minimum atomic E-state index is -0.304. The van der Waals surface area contributed by atoms with E-state index < -0.39 is 0 Å². The molecular weight excluding hydrogens is 332 g/mol. The molecule has 5 heteroatoms. The Morgan fingerprint density at radius 2 is 1.84 bits per heavy atom. The highest BCUT2D eigenvalue weighted by atomic mass is 32.1. The van der Waals surface area contributed by atoms with Gasteiger partial charge in [-0.25, -0.2) is 0 Å². The van der Waals surface area contributed by atoms with Gasteiger partial charge in [-0.2, -0.15) is 0 Å². The summed E-state index contributed by atoms with van der Waals surface area (Å²) in [5.74, 6) is 0.337. The molecule has 0 aliphatic carbocycles. The van der Waals surface area contributed by atoms with Gasteiger partial charge in [-0.05, 0) is 48.5 Å². The van der Waals surface area contributed by atoms with E-state index in [-0.39, 0.29) is 11.0 Å². The Morgan fingerprint density at radius 3 is 2.56 bits per heavy atom. The van der Waals surface area contributed by atoms with E-state index in [2.05, 4.69) is 17.2 Å². The molecule has 25 heavy (non-hydrogen) atoms. The van der Waals surface area contributed by atoms with Crippen LogP contribution in [0.25, 0.3) is 6.08 Å². The fraction of sp³-hybridized carbons (Fsp3) is 0.100. The minimum absolute atomic E-state index is 0.203. The second-order valence-electron chi connectivity index (χ2n) is 5.43. The van der Waals surface area contributed by atoms with Crippen molar-refractivity contribution in [2.24, 2.45) is 0 Å². The minimum Gasteiger partial charge on any atom is -0.487 e. The van der Waals surface area contributed by atoms with Crippen LogP contribution in [0.3, 0.4) is 0 Å². The van der Waals surface area contributed by atoms with Gasteiger partial charge in [0.2, 0.25) is 5.91 Å². The van der Waals surface area contributed by atoms with Crippen LogP contribution in [-0.2, 0) is 4.79 Å². The van der Waals surface area contributed by atoms with E-state index in [1.807, 2.05) is 61.5 Å². The van der Waals surface area contributed by atoms with Gasteiger partial charge in [-0.1, -0.05) is 49.0 Å². The predicted octanol–water partition coefficient (Wildman–Crippen LogP) is 4.17. The predicted molar refractivity (Wildman–Crippen MR) is 107 cm³/mol. The van der Waals surface area contributed by atoms with E-state index in [4.69, 9.17) is 17.0 Å². The molecule has 0 atom stereocenters. The van der Waals surface area contributed by atoms with Gasteiger partial charge in [0.05, 0.1) is 5.69 Å². The summed E-state index contributed by atoms with van der Waals surface area (Å²) in [7, 11) is 0. The molecule has 2 rings (SSSR count). The number of thiocarbonyl (C=S) groups is 1. The number of nitrogens with one attached hydrogen (secondary N) is 2. The van der Waals surface area contributed by atoms with Gasteiger partial charge in [0.1, 0.15) is 12.4 Å². The van der Waals surface area contributed by atoms with E-state index in [1.54, 1.807) is 6.08 Å². The van der Waals surface area contributed by atoms with Crippen LogP contribution < -0.4 is 15.4 Å². The number of carbonyl (C=O) groups is 1. The number of hydrogen-bond acceptors (Lipinski definition) is 3. The number of amides is 1. The van der Waals surface area contributed by atoms with E-state index >= 15 is 0 Å². The summed E-state index contributed by atoms with van der Waals surface area (Å²) in [6.07, 6.45) is 3.16. The van der Waals surface area contributed by atoms with Crippen molar-refractivity contribution in [3.63, 3.8) is 0 Å². The molecule has 0 unspecified atom stereocenters. The first-order chi connectivity index (χ1) is 12.0. The van der Waals surface area contributed by atoms with Crippen molar-refractivity contribution < 1.29 is 9.53 Å². The van der Waals surface area contributed by atoms with Crippen molar-refractivity contribution >= 4 is 35.0 Å². The van der Waals surface area contributed by atoms with Gasteiger partial charge in [0, 0.05) is 6.08 Å². The van der Waals surface area contributed by atoms with E-state index in [9.17, 15) is 4.79 Å². The van der Waals surface area contributed by atoms with E-state index in [0.717, 1.165) is 11.1 Å². The number of rotatable bonds is 6. The Kier molecular flexibility index (Phi) is 6.92. The molecule has 4 nitrogen and oxygen atoms in total. The van der Waals surface area contributed by atoms with Gasteiger partial charge in [-0.15, -0.1) is 0 Å². The summed E-state index contributed by atoms with van der Waals surface area (Å²) < 4.78 is 5.66. The fourth-order valence-corrected chi connectivity index (χ4v) is 2.15. The zero-order valence-corrected chi connectivity index (χ0v) is 14.8. The number of para-hydroxylation sites is 2. The second-order valence-corrected chi connectivity index (χ2v) is 5.84. The standard InChI is InChI=1S/C20H20N2O2S/c1-15(2)14-24-18-11-7-6-10-17(18)21-20(25)22-19(23)13-12-16-8-4-3-5-9-16/h3-13H,1,14H2,2H3,(H2,21,22,23,25)/b13-12+. The molecule has 128 valence electrons. The average molecular weight is 352 g/mol. The van der Waals surface area contributed by atoms with Gasteiger partial charge < -0.3 is 10.1 Å². The topological polar surface area (TPSA) is 50.4 Å². The molecule has 0 aliphatic heterocycles. The summed E-state index contributed by atoms with van der Waals surface area (Å²) in [5, 5.41) is 5.79. The Morgan fingerprint density at radius 1 is 1.16 bits per heavy atom. The average Bonchev–Trinajstić information content (AvgIpc) is 2.60. The van der Waals surface area contributed by atoms with Gasteiger partial charge >= 0.3 is 0 Å². The van der Waals surface area contributed by atoms with Crippen LogP contribution in [0, 0.1) is 0 Å². The molecule has 2 aromatic rings. The molecule has 0 fully saturated rings. The molecule has 2 aromatic carbocycles. The number of benzene rings is 2. The summed E-state index contributed by atoms with van der Waals surface area (Å²) in [6.45, 7) is 6.11. The lowest BCUT2D eigenvalue weighted by Crippen LogP contribution is -2.32. The lowest BCUT2D eigenvalue weighted by atomic mass is 10.2. The molecule has 0 saturated heterocycles. The lowest BCUT2D eigenvalue weighted by Gasteiger charge is -2.13. The third kappa shape index (κ3) is 6.61. The maximum Gasteiger partial charge on any atom is 0.250 e. The molecule has 1 amide bonds. The maximum atomic E-state index is 11.9. The molecule has 2 N–H and O–H groups in total. The number of ether oxygens (including phenoxy) is 1. The summed E-state index contributed by atoms with van der Waals surface area (Å²) in [4.78, 5) is 11.9. The normalized spacial score (nSPS) is 10.3. The largest absolute Gasteiger partial charge is 0.487 e. The maximum absolute atomic E-state index is 11.9. The van der Waals surface area contributed by atoms with Crippen LogP contribution in [0.15, 0.2) is 72.8 Å². The van der Waals surface area contributed by atoms with Gasteiger partial charge in [-0.3, -0.25) is 10.1 Å². The smallest absolute Gasteiger partial charge is 0.250 e. The van der Waals surface area contributed by atoms with Crippen LogP contribution >= 0.6 is 12.2 Å². The van der Waals surface area contributed by atoms with Crippen LogP contribution in [0.1, 0.15) is 12.5 Å². The first-order valence-electron chi connectivity index (χ1n) is 7.76. The molecule has 0 heterocycles. The third-order valence-corrected chi connectivity index (χ3v) is 3.28. The zero-order valence-electron chi connectivity index (χ0n) is 14.0. The lowest BCUT2D eigenvalue weighted by molar-refractivity contribution is -0.115. The first-order valence-corrected chi connectivity index (χ1v) is 8.17.